The molecule has 142 valence electrons. The summed E-state index contributed by atoms with van der Waals surface area (Å²) in [4.78, 5) is 0. The van der Waals surface area contributed by atoms with E-state index in [9.17, 15) is 15.8 Å². The van der Waals surface area contributed by atoms with Crippen LogP contribution in [0.1, 0.15) is 34.6 Å². The van der Waals surface area contributed by atoms with Gasteiger partial charge in [0.05, 0.1) is 0 Å². The van der Waals surface area contributed by atoms with E-state index in [4.69, 9.17) is 9.47 Å². The first-order chi connectivity index (χ1) is 13.0. The minimum absolute atomic E-state index is 0.0105. The number of nitriles is 3. The van der Waals surface area contributed by atoms with Crippen molar-refractivity contribution in [2.24, 2.45) is 0 Å². The Hall–Kier alpha value is -2.76. The van der Waals surface area contributed by atoms with E-state index in [2.05, 4.69) is 42.5 Å². The summed E-state index contributed by atoms with van der Waals surface area (Å²) in [7, 11) is 0. The van der Waals surface area contributed by atoms with Crippen LogP contribution >= 0.6 is 22.6 Å². The van der Waals surface area contributed by atoms with E-state index in [0.29, 0.717) is 11.3 Å². The number of nitrogens with zero attached hydrogens (tertiary/aromatic N) is 3. The van der Waals surface area contributed by atoms with Crippen LogP contribution in [0.15, 0.2) is 70.0 Å². The van der Waals surface area contributed by atoms with Crippen LogP contribution in [0.2, 0.25) is 0 Å². The van der Waals surface area contributed by atoms with Gasteiger partial charge in [-0.3, -0.25) is 0 Å². The van der Waals surface area contributed by atoms with Crippen molar-refractivity contribution >= 4 is 22.6 Å². The Morgan fingerprint density at radius 3 is 2.36 bits per heavy atom. The zero-order valence-corrected chi connectivity index (χ0v) is 18.6. The SMILES string of the molecule is CC1=C/C(=C/C2=C(C#N)C(=C(C#N)C#N)OC2(C)C)C=C(/C=C/C(C)(C)I)O1. The van der Waals surface area contributed by atoms with Gasteiger partial charge in [-0.1, -0.05) is 28.7 Å². The molecule has 2 heterocycles. The highest BCUT2D eigenvalue weighted by Gasteiger charge is 2.39. The largest absolute Gasteiger partial charge is 0.480 e. The van der Waals surface area contributed by atoms with Crippen LogP contribution in [0, 0.1) is 34.0 Å². The summed E-state index contributed by atoms with van der Waals surface area (Å²) in [6.45, 7) is 9.63. The van der Waals surface area contributed by atoms with Crippen LogP contribution in [-0.2, 0) is 9.47 Å². The molecule has 0 radical (unpaired) electrons. The third-order valence-electron chi connectivity index (χ3n) is 3.98. The van der Waals surface area contributed by atoms with E-state index in [1.165, 1.54) is 0 Å². The molecule has 0 amide bonds. The maximum atomic E-state index is 9.65. The Kier molecular flexibility index (Phi) is 6.22. The number of ether oxygens (including phenoxy) is 2. The van der Waals surface area contributed by atoms with Crippen LogP contribution in [0.3, 0.4) is 0 Å². The molecule has 0 unspecified atom stereocenters. The highest BCUT2D eigenvalue weighted by molar-refractivity contribution is 14.1. The van der Waals surface area contributed by atoms with Crippen LogP contribution in [-0.4, -0.2) is 9.02 Å². The molecule has 0 aromatic heterocycles. The van der Waals surface area contributed by atoms with Crippen LogP contribution in [0.5, 0.6) is 0 Å². The average Bonchev–Trinajstić information content (AvgIpc) is 2.83. The minimum atomic E-state index is -0.847. The quantitative estimate of drug-likeness (QED) is 0.302. The van der Waals surface area contributed by atoms with Gasteiger partial charge in [0, 0.05) is 8.99 Å². The van der Waals surface area contributed by atoms with Crippen molar-refractivity contribution < 1.29 is 9.47 Å². The number of hydrogen-bond donors (Lipinski definition) is 0. The number of rotatable bonds is 3. The summed E-state index contributed by atoms with van der Waals surface area (Å²) >= 11 is 2.33. The van der Waals surface area contributed by atoms with Gasteiger partial charge < -0.3 is 9.47 Å². The molecule has 0 N–H and O–H groups in total. The van der Waals surface area contributed by atoms with Crippen molar-refractivity contribution in [1.82, 2.24) is 0 Å². The minimum Gasteiger partial charge on any atom is -0.480 e. The van der Waals surface area contributed by atoms with E-state index < -0.39 is 5.60 Å². The van der Waals surface area contributed by atoms with Crippen molar-refractivity contribution in [1.29, 1.82) is 15.8 Å². The Morgan fingerprint density at radius 2 is 1.82 bits per heavy atom. The zero-order chi connectivity index (χ0) is 21.1. The first kappa shape index (κ1) is 21.5. The van der Waals surface area contributed by atoms with E-state index in [1.54, 1.807) is 26.0 Å². The van der Waals surface area contributed by atoms with Crippen LogP contribution < -0.4 is 0 Å². The maximum Gasteiger partial charge on any atom is 0.172 e. The van der Waals surface area contributed by atoms with Gasteiger partial charge in [-0.2, -0.15) is 15.8 Å². The lowest BCUT2D eigenvalue weighted by molar-refractivity contribution is 0.0953. The molecule has 0 aliphatic carbocycles. The van der Waals surface area contributed by atoms with Gasteiger partial charge in [-0.25, -0.2) is 0 Å². The molecule has 28 heavy (non-hydrogen) atoms. The van der Waals surface area contributed by atoms with E-state index in [0.717, 1.165) is 11.3 Å². The number of alkyl halides is 1. The standard InChI is InChI=1S/C22H20IN3O2/c1-14-8-15(9-17(27-14)6-7-21(2,3)23)10-19-18(13-26)20(16(11-24)12-25)28-22(19,4)5/h6-10H,1-5H3/b7-6+,15-10-. The summed E-state index contributed by atoms with van der Waals surface area (Å²) in [5.74, 6) is 1.45. The molecular formula is C22H20IN3O2. The lowest BCUT2D eigenvalue weighted by atomic mass is 9.92. The van der Waals surface area contributed by atoms with Crippen LogP contribution in [0.4, 0.5) is 0 Å². The van der Waals surface area contributed by atoms with Crippen molar-refractivity contribution in [2.45, 2.75) is 43.6 Å². The molecule has 0 aromatic rings. The van der Waals surface area contributed by atoms with Gasteiger partial charge in [-0.15, -0.1) is 0 Å². The molecule has 0 fully saturated rings. The smallest absolute Gasteiger partial charge is 0.172 e. The lowest BCUT2D eigenvalue weighted by Gasteiger charge is -2.21. The molecule has 0 aromatic carbocycles. The molecule has 0 spiro atoms. The summed E-state index contributed by atoms with van der Waals surface area (Å²) in [6.07, 6.45) is 9.54. The Labute approximate surface area is 179 Å². The van der Waals surface area contributed by atoms with E-state index in [1.807, 2.05) is 37.3 Å². The van der Waals surface area contributed by atoms with Gasteiger partial charge >= 0.3 is 0 Å². The monoisotopic (exact) mass is 485 g/mol. The van der Waals surface area contributed by atoms with Gasteiger partial charge in [0.2, 0.25) is 0 Å². The Balaban J connectivity index is 2.60. The first-order valence-electron chi connectivity index (χ1n) is 8.57. The highest BCUT2D eigenvalue weighted by atomic mass is 127. The predicted octanol–water partition coefficient (Wildman–Crippen LogP) is 5.43. The third kappa shape index (κ3) is 4.94. The molecule has 0 atom stereocenters. The van der Waals surface area contributed by atoms with Gasteiger partial charge in [-0.05, 0) is 64.5 Å². The van der Waals surface area contributed by atoms with Gasteiger partial charge in [0.15, 0.2) is 11.3 Å². The normalized spacial score (nSPS) is 20.0. The third-order valence-corrected chi connectivity index (χ3v) is 4.34. The topological polar surface area (TPSA) is 89.8 Å². The van der Waals surface area contributed by atoms with Gasteiger partial charge in [0.1, 0.15) is 40.9 Å². The predicted molar refractivity (Wildman–Crippen MR) is 114 cm³/mol. The molecule has 5 nitrogen and oxygen atoms in total. The van der Waals surface area contributed by atoms with E-state index >= 15 is 0 Å². The molecule has 2 aliphatic rings. The fourth-order valence-electron chi connectivity index (χ4n) is 2.74. The van der Waals surface area contributed by atoms with Crippen molar-refractivity contribution in [3.8, 4) is 18.2 Å². The number of allylic oxidation sites excluding steroid dienone is 8. The molecule has 0 saturated heterocycles. The summed E-state index contributed by atoms with van der Waals surface area (Å²) < 4.78 is 11.6. The van der Waals surface area contributed by atoms with Crippen molar-refractivity contribution in [2.75, 3.05) is 0 Å². The second-order valence-electron chi connectivity index (χ2n) is 7.39. The summed E-state index contributed by atoms with van der Waals surface area (Å²) in [6, 6.07) is 5.69. The molecule has 6 heteroatoms. The fourth-order valence-corrected chi connectivity index (χ4v) is 2.92. The molecule has 0 bridgehead atoms. The maximum absolute atomic E-state index is 9.65. The molecule has 2 aliphatic heterocycles. The van der Waals surface area contributed by atoms with Crippen LogP contribution in [0.25, 0.3) is 0 Å². The second kappa shape index (κ2) is 8.09. The lowest BCUT2D eigenvalue weighted by Crippen LogP contribution is -2.21. The second-order valence-corrected chi connectivity index (χ2v) is 10.2. The van der Waals surface area contributed by atoms with Crippen molar-refractivity contribution in [3.05, 3.63) is 70.0 Å². The zero-order valence-electron chi connectivity index (χ0n) is 16.4. The number of halogens is 1. The summed E-state index contributed by atoms with van der Waals surface area (Å²) in [5.41, 5.74) is 0.598. The summed E-state index contributed by atoms with van der Waals surface area (Å²) in [5, 5.41) is 28.0. The number of hydrogen-bond acceptors (Lipinski definition) is 5. The molecule has 2 rings (SSSR count). The average molecular weight is 485 g/mol. The highest BCUT2D eigenvalue weighted by Crippen LogP contribution is 2.41. The molecular weight excluding hydrogens is 465 g/mol. The van der Waals surface area contributed by atoms with E-state index in [-0.39, 0.29) is 20.3 Å². The Morgan fingerprint density at radius 1 is 1.18 bits per heavy atom. The van der Waals surface area contributed by atoms with Crippen molar-refractivity contribution in [3.63, 3.8) is 0 Å². The first-order valence-corrected chi connectivity index (χ1v) is 9.65. The Bertz CT molecular complexity index is 992. The molecule has 0 saturated carbocycles. The fraction of sp³-hybridized carbons (Fsp3) is 0.318. The van der Waals surface area contributed by atoms with Gasteiger partial charge in [0.25, 0.3) is 0 Å².